The third-order valence-corrected chi connectivity index (χ3v) is 7.62. The van der Waals surface area contributed by atoms with Crippen molar-refractivity contribution in [1.82, 2.24) is 15.2 Å². The number of H-pyrrole nitrogens is 1. The Hall–Kier alpha value is -1.64. The van der Waals surface area contributed by atoms with Gasteiger partial charge in [0.15, 0.2) is 0 Å². The van der Waals surface area contributed by atoms with Crippen LogP contribution in [-0.2, 0) is 4.74 Å². The Morgan fingerprint density at radius 1 is 1.10 bits per heavy atom. The number of nitrogens with zero attached hydrogens (tertiary/aromatic N) is 2. The van der Waals surface area contributed by atoms with Gasteiger partial charge in [0.2, 0.25) is 0 Å². The number of aliphatic hydroxyl groups is 2. The molecule has 1 atom stereocenters. The van der Waals surface area contributed by atoms with E-state index in [1.807, 2.05) is 0 Å². The van der Waals surface area contributed by atoms with Crippen molar-refractivity contribution in [3.8, 4) is 0 Å². The number of morpholine rings is 1. The number of anilines is 1. The zero-order chi connectivity index (χ0) is 21.3. The van der Waals surface area contributed by atoms with Crippen LogP contribution in [0.5, 0.6) is 0 Å². The van der Waals surface area contributed by atoms with Crippen LogP contribution in [0.1, 0.15) is 37.2 Å². The highest BCUT2D eigenvalue weighted by molar-refractivity contribution is 5.87. The molecule has 4 N–H and O–H groups in total. The summed E-state index contributed by atoms with van der Waals surface area (Å²) in [5.74, 6) is 0.532. The molecule has 3 aliphatic rings. The zero-order valence-electron chi connectivity index (χ0n) is 18.4. The summed E-state index contributed by atoms with van der Waals surface area (Å²) in [6.45, 7) is 7.56. The van der Waals surface area contributed by atoms with Crippen LogP contribution < -0.4 is 10.2 Å². The summed E-state index contributed by atoms with van der Waals surface area (Å²) in [5, 5.41) is 26.1. The number of fused-ring (bicyclic) bond motifs is 1. The van der Waals surface area contributed by atoms with E-state index in [1.165, 1.54) is 22.2 Å². The van der Waals surface area contributed by atoms with Crippen LogP contribution in [0.15, 0.2) is 24.4 Å². The van der Waals surface area contributed by atoms with Gasteiger partial charge in [-0.3, -0.25) is 0 Å². The smallest absolute Gasteiger partial charge is 0.0954 e. The summed E-state index contributed by atoms with van der Waals surface area (Å²) in [6, 6.07) is 6.76. The predicted molar refractivity (Wildman–Crippen MR) is 123 cm³/mol. The second kappa shape index (κ2) is 9.08. The molecule has 170 valence electrons. The maximum Gasteiger partial charge on any atom is 0.0954 e. The summed E-state index contributed by atoms with van der Waals surface area (Å²) < 4.78 is 5.51. The van der Waals surface area contributed by atoms with Crippen LogP contribution >= 0.6 is 0 Å². The third-order valence-electron chi connectivity index (χ3n) is 7.62. The molecule has 1 aromatic carbocycles. The molecule has 1 unspecified atom stereocenters. The van der Waals surface area contributed by atoms with E-state index in [-0.39, 0.29) is 0 Å². The molecule has 5 rings (SSSR count). The first-order valence-corrected chi connectivity index (χ1v) is 11.9. The summed E-state index contributed by atoms with van der Waals surface area (Å²) in [4.78, 5) is 8.21. The third kappa shape index (κ3) is 4.47. The molecule has 3 saturated heterocycles. The lowest BCUT2D eigenvalue weighted by Crippen LogP contribution is -2.54. The standard InChI is InChI=1S/C24H36N4O3/c29-23(24(30)5-7-25-8-6-24)17-27-9-3-18(4-10-27)21-16-26-22-2-1-19(15-20(21)22)28-11-13-31-14-12-28/h1-2,15-16,18,23,25-26,29-30H,3-14,17H2. The molecule has 0 saturated carbocycles. The van der Waals surface area contributed by atoms with Gasteiger partial charge in [0.1, 0.15) is 0 Å². The second-order valence-electron chi connectivity index (χ2n) is 9.52. The van der Waals surface area contributed by atoms with E-state index in [4.69, 9.17) is 4.74 Å². The Morgan fingerprint density at radius 3 is 2.58 bits per heavy atom. The highest BCUT2D eigenvalue weighted by atomic mass is 16.5. The Bertz CT molecular complexity index is 865. The molecule has 31 heavy (non-hydrogen) atoms. The first-order valence-electron chi connectivity index (χ1n) is 11.9. The maximum absolute atomic E-state index is 10.8. The van der Waals surface area contributed by atoms with E-state index in [9.17, 15) is 10.2 Å². The molecule has 0 amide bonds. The normalized spacial score (nSPS) is 24.5. The number of hydrogen-bond acceptors (Lipinski definition) is 6. The van der Waals surface area contributed by atoms with Gasteiger partial charge in [0.25, 0.3) is 0 Å². The molecule has 1 aromatic heterocycles. The van der Waals surface area contributed by atoms with E-state index in [1.54, 1.807) is 0 Å². The van der Waals surface area contributed by atoms with Gasteiger partial charge in [-0.05, 0) is 81.5 Å². The molecular formula is C24H36N4O3. The number of hydrogen-bond donors (Lipinski definition) is 4. The fraction of sp³-hybridized carbons (Fsp3) is 0.667. The lowest BCUT2D eigenvalue weighted by Gasteiger charge is -2.40. The quantitative estimate of drug-likeness (QED) is 0.580. The second-order valence-corrected chi connectivity index (χ2v) is 9.52. The summed E-state index contributed by atoms with van der Waals surface area (Å²) in [5.41, 5.74) is 2.97. The number of likely N-dealkylation sites (tertiary alicyclic amines) is 1. The van der Waals surface area contributed by atoms with E-state index in [0.29, 0.717) is 25.3 Å². The van der Waals surface area contributed by atoms with Gasteiger partial charge in [0.05, 0.1) is 24.9 Å². The first kappa shape index (κ1) is 21.2. The highest BCUT2D eigenvalue weighted by Crippen LogP contribution is 2.35. The van der Waals surface area contributed by atoms with Crippen molar-refractivity contribution >= 4 is 16.6 Å². The van der Waals surface area contributed by atoms with Crippen molar-refractivity contribution in [2.24, 2.45) is 0 Å². The summed E-state index contributed by atoms with van der Waals surface area (Å²) in [6.07, 6.45) is 4.95. The van der Waals surface area contributed by atoms with Gasteiger partial charge in [0, 0.05) is 42.4 Å². The van der Waals surface area contributed by atoms with Crippen molar-refractivity contribution < 1.29 is 14.9 Å². The van der Waals surface area contributed by atoms with Gasteiger partial charge in [-0.25, -0.2) is 0 Å². The van der Waals surface area contributed by atoms with E-state index < -0.39 is 11.7 Å². The number of aromatic amines is 1. The first-order chi connectivity index (χ1) is 15.1. The molecule has 2 aromatic rings. The lowest BCUT2D eigenvalue weighted by atomic mass is 9.85. The number of aliphatic hydroxyl groups excluding tert-OH is 1. The van der Waals surface area contributed by atoms with Gasteiger partial charge < -0.3 is 35.1 Å². The van der Waals surface area contributed by atoms with Crippen molar-refractivity contribution in [2.45, 2.75) is 43.3 Å². The number of benzene rings is 1. The van der Waals surface area contributed by atoms with Gasteiger partial charge in [-0.15, -0.1) is 0 Å². The minimum Gasteiger partial charge on any atom is -0.389 e. The Balaban J connectivity index is 1.23. The minimum absolute atomic E-state index is 0.532. The molecule has 0 radical (unpaired) electrons. The summed E-state index contributed by atoms with van der Waals surface area (Å²) >= 11 is 0. The van der Waals surface area contributed by atoms with Crippen LogP contribution in [-0.4, -0.2) is 90.8 Å². The van der Waals surface area contributed by atoms with Crippen LogP contribution in [0.4, 0.5) is 5.69 Å². The Morgan fingerprint density at radius 2 is 1.84 bits per heavy atom. The van der Waals surface area contributed by atoms with E-state index in [0.717, 1.165) is 65.3 Å². The number of β-amino-alcohol motifs (C(OH)–C–C–N with tert-alkyl or cyclic N) is 1. The van der Waals surface area contributed by atoms with Crippen molar-refractivity contribution in [3.05, 3.63) is 30.0 Å². The maximum atomic E-state index is 10.8. The SMILES string of the molecule is OC(CN1CCC(c2c[nH]c3ccc(N4CCOCC4)cc23)CC1)C1(O)CCNCC1. The van der Waals surface area contributed by atoms with E-state index >= 15 is 0 Å². The fourth-order valence-electron chi connectivity index (χ4n) is 5.52. The topological polar surface area (TPSA) is 84.0 Å². The van der Waals surface area contributed by atoms with Gasteiger partial charge in [-0.2, -0.15) is 0 Å². The van der Waals surface area contributed by atoms with Crippen molar-refractivity contribution in [2.75, 3.05) is 63.9 Å². The van der Waals surface area contributed by atoms with Crippen LogP contribution in [0.3, 0.4) is 0 Å². The molecule has 3 aliphatic heterocycles. The molecule has 0 spiro atoms. The lowest BCUT2D eigenvalue weighted by molar-refractivity contribution is -0.104. The fourth-order valence-corrected chi connectivity index (χ4v) is 5.52. The monoisotopic (exact) mass is 428 g/mol. The van der Waals surface area contributed by atoms with E-state index in [2.05, 4.69) is 44.5 Å². The Labute approximate surface area is 184 Å². The van der Waals surface area contributed by atoms with Gasteiger partial charge in [-0.1, -0.05) is 0 Å². The molecule has 7 nitrogen and oxygen atoms in total. The van der Waals surface area contributed by atoms with Crippen LogP contribution in [0.25, 0.3) is 10.9 Å². The highest BCUT2D eigenvalue weighted by Gasteiger charge is 2.38. The number of nitrogens with one attached hydrogen (secondary N) is 2. The average molecular weight is 429 g/mol. The van der Waals surface area contributed by atoms with Crippen molar-refractivity contribution in [1.29, 1.82) is 0 Å². The van der Waals surface area contributed by atoms with Crippen LogP contribution in [0.2, 0.25) is 0 Å². The number of rotatable bonds is 5. The zero-order valence-corrected chi connectivity index (χ0v) is 18.4. The average Bonchev–Trinajstić information content (AvgIpc) is 3.24. The largest absolute Gasteiger partial charge is 0.389 e. The Kier molecular flexibility index (Phi) is 6.21. The number of aromatic nitrogens is 1. The molecule has 0 aliphatic carbocycles. The molecular weight excluding hydrogens is 392 g/mol. The molecule has 4 heterocycles. The minimum atomic E-state index is -0.936. The molecule has 7 heteroatoms. The molecule has 3 fully saturated rings. The number of piperidine rings is 2. The molecule has 0 bridgehead atoms. The van der Waals surface area contributed by atoms with Gasteiger partial charge >= 0.3 is 0 Å². The van der Waals surface area contributed by atoms with Crippen molar-refractivity contribution in [3.63, 3.8) is 0 Å². The summed E-state index contributed by atoms with van der Waals surface area (Å²) in [7, 11) is 0. The predicted octanol–water partition coefficient (Wildman–Crippen LogP) is 1.66. The number of ether oxygens (including phenoxy) is 1. The van der Waals surface area contributed by atoms with Crippen LogP contribution in [0, 0.1) is 0 Å².